The van der Waals surface area contributed by atoms with E-state index in [2.05, 4.69) is 0 Å². The van der Waals surface area contributed by atoms with Crippen LogP contribution in [0.2, 0.25) is 0 Å². The Balaban J connectivity index is 2.22. The van der Waals surface area contributed by atoms with Crippen molar-refractivity contribution >= 4 is 16.9 Å². The van der Waals surface area contributed by atoms with Crippen molar-refractivity contribution < 1.29 is 9.53 Å². The van der Waals surface area contributed by atoms with E-state index in [-0.39, 0.29) is 11.2 Å². The Labute approximate surface area is 94.0 Å². The molecule has 0 aromatic heterocycles. The van der Waals surface area contributed by atoms with E-state index >= 15 is 0 Å². The predicted molar refractivity (Wildman–Crippen MR) is 63.1 cm³/mol. The van der Waals surface area contributed by atoms with Crippen molar-refractivity contribution in [1.82, 2.24) is 0 Å². The van der Waals surface area contributed by atoms with Crippen molar-refractivity contribution in [2.24, 2.45) is 5.73 Å². The molecule has 2 N–H and O–H groups in total. The van der Waals surface area contributed by atoms with E-state index in [4.69, 9.17) is 10.5 Å². The molecule has 0 aliphatic rings. The van der Waals surface area contributed by atoms with Crippen molar-refractivity contribution in [2.75, 3.05) is 12.4 Å². The molecule has 0 aliphatic carbocycles. The summed E-state index contributed by atoms with van der Waals surface area (Å²) in [5.41, 5.74) is 5.77. The van der Waals surface area contributed by atoms with Gasteiger partial charge < -0.3 is 10.5 Å². The number of ether oxygens (including phenoxy) is 1. The van der Waals surface area contributed by atoms with E-state index in [1.165, 1.54) is 18.7 Å². The summed E-state index contributed by atoms with van der Waals surface area (Å²) in [7, 11) is 0. The maximum absolute atomic E-state index is 10.7. The molecule has 1 aromatic rings. The van der Waals surface area contributed by atoms with Gasteiger partial charge in [0.2, 0.25) is 0 Å². The first-order valence-electron chi connectivity index (χ1n) is 4.75. The highest BCUT2D eigenvalue weighted by Gasteiger charge is 2.05. The zero-order chi connectivity index (χ0) is 11.1. The number of benzene rings is 1. The van der Waals surface area contributed by atoms with Gasteiger partial charge in [0, 0.05) is 18.7 Å². The summed E-state index contributed by atoms with van der Waals surface area (Å²) >= 11 is 1.23. The third kappa shape index (κ3) is 5.44. The highest BCUT2D eigenvalue weighted by atomic mass is 32.2. The van der Waals surface area contributed by atoms with Gasteiger partial charge in [-0.1, -0.05) is 30.0 Å². The molecule has 0 amide bonds. The molecule has 4 heteroatoms. The molecule has 0 heterocycles. The number of hydrogen-bond acceptors (Lipinski definition) is 4. The van der Waals surface area contributed by atoms with Crippen molar-refractivity contribution in [3.63, 3.8) is 0 Å². The summed E-state index contributed by atoms with van der Waals surface area (Å²) in [5, 5.41) is 0.0881. The van der Waals surface area contributed by atoms with Crippen molar-refractivity contribution in [2.45, 2.75) is 13.0 Å². The Bertz CT molecular complexity index is 303. The third-order valence-electron chi connectivity index (χ3n) is 1.71. The van der Waals surface area contributed by atoms with Gasteiger partial charge in [-0.05, 0) is 12.1 Å². The average molecular weight is 225 g/mol. The molecule has 0 saturated carbocycles. The van der Waals surface area contributed by atoms with E-state index < -0.39 is 0 Å². The Hall–Kier alpha value is -1.00. The first kappa shape index (κ1) is 12.1. The maximum Gasteiger partial charge on any atom is 0.185 e. The molecule has 0 radical (unpaired) electrons. The van der Waals surface area contributed by atoms with Crippen LogP contribution in [0.4, 0.5) is 0 Å². The summed E-state index contributed by atoms with van der Waals surface area (Å²) in [5.74, 6) is 1.41. The number of para-hydroxylation sites is 1. The van der Waals surface area contributed by atoms with Crippen molar-refractivity contribution in [3.8, 4) is 5.75 Å². The van der Waals surface area contributed by atoms with Gasteiger partial charge in [0.1, 0.15) is 12.4 Å². The van der Waals surface area contributed by atoms with Gasteiger partial charge in [-0.2, -0.15) is 0 Å². The minimum absolute atomic E-state index is 0.0881. The van der Waals surface area contributed by atoms with Gasteiger partial charge in [0.25, 0.3) is 0 Å². The SMILES string of the molecule is CC(=O)SCC(N)COc1ccccc1. The lowest BCUT2D eigenvalue weighted by Crippen LogP contribution is -2.30. The van der Waals surface area contributed by atoms with Crippen LogP contribution in [0.25, 0.3) is 0 Å². The van der Waals surface area contributed by atoms with Gasteiger partial charge in [0.05, 0.1) is 0 Å². The molecule has 0 saturated heterocycles. The number of carbonyl (C=O) groups is 1. The van der Waals surface area contributed by atoms with Gasteiger partial charge in [-0.3, -0.25) is 4.79 Å². The molecule has 0 fully saturated rings. The van der Waals surface area contributed by atoms with Crippen LogP contribution in [-0.4, -0.2) is 23.5 Å². The lowest BCUT2D eigenvalue weighted by atomic mass is 10.3. The molecule has 1 rings (SSSR count). The van der Waals surface area contributed by atoms with Crippen molar-refractivity contribution in [1.29, 1.82) is 0 Å². The summed E-state index contributed by atoms with van der Waals surface area (Å²) in [6, 6.07) is 9.39. The number of hydrogen-bond donors (Lipinski definition) is 1. The van der Waals surface area contributed by atoms with Gasteiger partial charge >= 0.3 is 0 Å². The normalized spacial score (nSPS) is 12.1. The topological polar surface area (TPSA) is 52.3 Å². The smallest absolute Gasteiger partial charge is 0.185 e. The minimum Gasteiger partial charge on any atom is -0.492 e. The van der Waals surface area contributed by atoms with Crippen LogP contribution in [0.15, 0.2) is 30.3 Å². The zero-order valence-corrected chi connectivity index (χ0v) is 9.50. The monoisotopic (exact) mass is 225 g/mol. The van der Waals surface area contributed by atoms with Gasteiger partial charge in [-0.25, -0.2) is 0 Å². The van der Waals surface area contributed by atoms with Crippen LogP contribution in [0.1, 0.15) is 6.92 Å². The fourth-order valence-corrected chi connectivity index (χ4v) is 1.54. The third-order valence-corrected chi connectivity index (χ3v) is 2.71. The van der Waals surface area contributed by atoms with Crippen LogP contribution >= 0.6 is 11.8 Å². The van der Waals surface area contributed by atoms with E-state index in [1.54, 1.807) is 0 Å². The van der Waals surface area contributed by atoms with Gasteiger partial charge in [0.15, 0.2) is 5.12 Å². The Kier molecular flexibility index (Phi) is 5.21. The Morgan fingerprint density at radius 2 is 2.13 bits per heavy atom. The highest BCUT2D eigenvalue weighted by Crippen LogP contribution is 2.09. The first-order valence-corrected chi connectivity index (χ1v) is 5.74. The second kappa shape index (κ2) is 6.48. The van der Waals surface area contributed by atoms with E-state index in [0.717, 1.165) is 5.75 Å². The van der Waals surface area contributed by atoms with E-state index in [1.807, 2.05) is 30.3 Å². The van der Waals surface area contributed by atoms with Crippen LogP contribution in [-0.2, 0) is 4.79 Å². The molecule has 3 nitrogen and oxygen atoms in total. The fourth-order valence-electron chi connectivity index (χ4n) is 0.992. The maximum atomic E-state index is 10.7. The lowest BCUT2D eigenvalue weighted by Gasteiger charge is -2.11. The fraction of sp³-hybridized carbons (Fsp3) is 0.364. The van der Waals surface area contributed by atoms with Crippen molar-refractivity contribution in [3.05, 3.63) is 30.3 Å². The predicted octanol–water partition coefficient (Wildman–Crippen LogP) is 1.67. The summed E-state index contributed by atoms with van der Waals surface area (Å²) in [6.07, 6.45) is 0. The molecule has 82 valence electrons. The molecule has 0 aliphatic heterocycles. The van der Waals surface area contributed by atoms with Crippen LogP contribution < -0.4 is 10.5 Å². The zero-order valence-electron chi connectivity index (χ0n) is 8.68. The van der Waals surface area contributed by atoms with Gasteiger partial charge in [-0.15, -0.1) is 0 Å². The molecule has 0 spiro atoms. The number of thioether (sulfide) groups is 1. The molecule has 0 bridgehead atoms. The number of rotatable bonds is 5. The highest BCUT2D eigenvalue weighted by molar-refractivity contribution is 8.13. The second-order valence-corrected chi connectivity index (χ2v) is 4.38. The van der Waals surface area contributed by atoms with Crippen LogP contribution in [0.3, 0.4) is 0 Å². The molecule has 1 atom stereocenters. The first-order chi connectivity index (χ1) is 7.18. The molecule has 1 unspecified atom stereocenters. The van der Waals surface area contributed by atoms with Crippen LogP contribution in [0.5, 0.6) is 5.75 Å². The Morgan fingerprint density at radius 1 is 1.47 bits per heavy atom. The largest absolute Gasteiger partial charge is 0.492 e. The lowest BCUT2D eigenvalue weighted by molar-refractivity contribution is -0.109. The van der Waals surface area contributed by atoms with E-state index in [0.29, 0.717) is 12.4 Å². The summed E-state index contributed by atoms with van der Waals surface area (Å²) in [4.78, 5) is 10.7. The summed E-state index contributed by atoms with van der Waals surface area (Å²) in [6.45, 7) is 1.97. The van der Waals surface area contributed by atoms with Crippen LogP contribution in [0, 0.1) is 0 Å². The standard InChI is InChI=1S/C11H15NO2S/c1-9(13)15-8-10(12)7-14-11-5-3-2-4-6-11/h2-6,10H,7-8,12H2,1H3. The quantitative estimate of drug-likeness (QED) is 0.828. The Morgan fingerprint density at radius 3 is 2.73 bits per heavy atom. The average Bonchev–Trinajstić information content (AvgIpc) is 2.25. The molecule has 15 heavy (non-hydrogen) atoms. The molecular formula is C11H15NO2S. The molecular weight excluding hydrogens is 210 g/mol. The second-order valence-electron chi connectivity index (χ2n) is 3.19. The number of carbonyl (C=O) groups excluding carboxylic acids is 1. The number of nitrogens with two attached hydrogens (primary N) is 1. The van der Waals surface area contributed by atoms with E-state index in [9.17, 15) is 4.79 Å². The summed E-state index contributed by atoms with van der Waals surface area (Å²) < 4.78 is 5.45. The molecule has 1 aromatic carbocycles. The minimum atomic E-state index is -0.112.